The Morgan fingerprint density at radius 1 is 1.26 bits per heavy atom. The summed E-state index contributed by atoms with van der Waals surface area (Å²) in [7, 11) is 0. The molecular weight excluding hydrogens is 269 g/mol. The first-order valence-corrected chi connectivity index (χ1v) is 5.23. The van der Waals surface area contributed by atoms with Gasteiger partial charge in [-0.2, -0.15) is 13.2 Å². The van der Waals surface area contributed by atoms with Gasteiger partial charge >= 0.3 is 18.2 Å². The standard InChI is InChI=1S/C10H13F3N2O4/c1-2-5-15(6-10(11,12)13)9(19)14-7(16)3-4-8(17)18/h3-4H,2,5-6H2,1H3,(H,17,18)(H,14,16,19)/b4-3+. The van der Waals surface area contributed by atoms with E-state index in [4.69, 9.17) is 5.11 Å². The molecule has 0 aliphatic carbocycles. The van der Waals surface area contributed by atoms with Gasteiger partial charge in [-0.25, -0.2) is 9.59 Å². The molecule has 2 N–H and O–H groups in total. The third kappa shape index (κ3) is 8.63. The first-order chi connectivity index (χ1) is 8.65. The lowest BCUT2D eigenvalue weighted by Crippen LogP contribution is -2.46. The van der Waals surface area contributed by atoms with Crippen molar-refractivity contribution >= 4 is 17.9 Å². The van der Waals surface area contributed by atoms with E-state index < -0.39 is 30.6 Å². The third-order valence-electron chi connectivity index (χ3n) is 1.76. The summed E-state index contributed by atoms with van der Waals surface area (Å²) in [5.41, 5.74) is 0. The normalized spacial score (nSPS) is 11.4. The molecule has 3 amide bonds. The summed E-state index contributed by atoms with van der Waals surface area (Å²) >= 11 is 0. The second-order valence-corrected chi connectivity index (χ2v) is 3.50. The summed E-state index contributed by atoms with van der Waals surface area (Å²) in [6.07, 6.45) is -3.29. The lowest BCUT2D eigenvalue weighted by Gasteiger charge is -2.22. The van der Waals surface area contributed by atoms with Crippen LogP contribution >= 0.6 is 0 Å². The van der Waals surface area contributed by atoms with Crippen molar-refractivity contribution in [1.29, 1.82) is 0 Å². The van der Waals surface area contributed by atoms with Gasteiger partial charge < -0.3 is 10.0 Å². The Bertz CT molecular complexity index is 379. The molecule has 9 heteroatoms. The number of carboxylic acid groups (broad SMARTS) is 1. The summed E-state index contributed by atoms with van der Waals surface area (Å²) in [6, 6.07) is -1.22. The predicted molar refractivity (Wildman–Crippen MR) is 58.2 cm³/mol. The number of hydrogen-bond donors (Lipinski definition) is 2. The largest absolute Gasteiger partial charge is 0.478 e. The molecule has 108 valence electrons. The zero-order valence-electron chi connectivity index (χ0n) is 10.0. The van der Waals surface area contributed by atoms with Gasteiger partial charge in [-0.15, -0.1) is 0 Å². The van der Waals surface area contributed by atoms with Crippen LogP contribution in [-0.2, 0) is 9.59 Å². The van der Waals surface area contributed by atoms with E-state index in [1.54, 1.807) is 12.2 Å². The van der Waals surface area contributed by atoms with E-state index in [0.29, 0.717) is 17.1 Å². The first-order valence-electron chi connectivity index (χ1n) is 5.23. The lowest BCUT2D eigenvalue weighted by atomic mass is 10.4. The van der Waals surface area contributed by atoms with Crippen LogP contribution in [0, 0.1) is 0 Å². The second-order valence-electron chi connectivity index (χ2n) is 3.50. The number of urea groups is 1. The fourth-order valence-electron chi connectivity index (χ4n) is 1.11. The van der Waals surface area contributed by atoms with Crippen LogP contribution in [0.25, 0.3) is 0 Å². The van der Waals surface area contributed by atoms with Crippen LogP contribution < -0.4 is 5.32 Å². The summed E-state index contributed by atoms with van der Waals surface area (Å²) in [5.74, 6) is -2.51. The Kier molecular flexibility index (Phi) is 6.59. The van der Waals surface area contributed by atoms with Gasteiger partial charge in [0.1, 0.15) is 6.54 Å². The number of nitrogens with one attached hydrogen (secondary N) is 1. The smallest absolute Gasteiger partial charge is 0.406 e. The number of carbonyl (C=O) groups excluding carboxylic acids is 2. The minimum Gasteiger partial charge on any atom is -0.478 e. The number of halogens is 3. The highest BCUT2D eigenvalue weighted by Gasteiger charge is 2.32. The van der Waals surface area contributed by atoms with Crippen molar-refractivity contribution < 1.29 is 32.7 Å². The molecule has 0 spiro atoms. The number of hydrogen-bond acceptors (Lipinski definition) is 3. The van der Waals surface area contributed by atoms with Crippen LogP contribution in [0.3, 0.4) is 0 Å². The van der Waals surface area contributed by atoms with Crippen molar-refractivity contribution in [2.24, 2.45) is 0 Å². The Morgan fingerprint density at radius 2 is 1.84 bits per heavy atom. The van der Waals surface area contributed by atoms with Gasteiger partial charge in [-0.3, -0.25) is 10.1 Å². The minimum atomic E-state index is -4.58. The molecule has 0 saturated carbocycles. The van der Waals surface area contributed by atoms with Gasteiger partial charge in [0.05, 0.1) is 0 Å². The number of carbonyl (C=O) groups is 3. The number of nitrogens with zero attached hydrogens (tertiary/aromatic N) is 1. The van der Waals surface area contributed by atoms with Crippen molar-refractivity contribution in [2.45, 2.75) is 19.5 Å². The Hall–Kier alpha value is -2.06. The van der Waals surface area contributed by atoms with E-state index in [1.165, 1.54) is 0 Å². The lowest BCUT2D eigenvalue weighted by molar-refractivity contribution is -0.140. The van der Waals surface area contributed by atoms with Crippen molar-refractivity contribution in [3.05, 3.63) is 12.2 Å². The maximum absolute atomic E-state index is 12.2. The van der Waals surface area contributed by atoms with Crippen LogP contribution in [0.4, 0.5) is 18.0 Å². The SMILES string of the molecule is CCCN(CC(F)(F)F)C(=O)NC(=O)/C=C/C(=O)O. The van der Waals surface area contributed by atoms with Crippen molar-refractivity contribution in [3.63, 3.8) is 0 Å². The van der Waals surface area contributed by atoms with Gasteiger partial charge in [-0.05, 0) is 6.42 Å². The zero-order valence-corrected chi connectivity index (χ0v) is 10.0. The van der Waals surface area contributed by atoms with Gasteiger partial charge in [0.25, 0.3) is 5.91 Å². The molecule has 0 rings (SSSR count). The quantitative estimate of drug-likeness (QED) is 0.740. The Labute approximate surface area is 106 Å². The second kappa shape index (κ2) is 7.39. The summed E-state index contributed by atoms with van der Waals surface area (Å²) in [6.45, 7) is -0.0906. The van der Waals surface area contributed by atoms with Crippen molar-refractivity contribution in [2.75, 3.05) is 13.1 Å². The molecule has 0 saturated heterocycles. The fraction of sp³-hybridized carbons (Fsp3) is 0.500. The van der Waals surface area contributed by atoms with Crippen LogP contribution in [0.5, 0.6) is 0 Å². The summed E-state index contributed by atoms with van der Waals surface area (Å²) in [5, 5.41) is 9.87. The van der Waals surface area contributed by atoms with Crippen LogP contribution in [0.2, 0.25) is 0 Å². The number of carboxylic acids is 1. The zero-order chi connectivity index (χ0) is 15.1. The maximum atomic E-state index is 12.2. The highest BCUT2D eigenvalue weighted by atomic mass is 19.4. The molecule has 0 aliphatic rings. The molecule has 0 aromatic heterocycles. The average molecular weight is 282 g/mol. The predicted octanol–water partition coefficient (Wildman–Crippen LogP) is 1.14. The van der Waals surface area contributed by atoms with Crippen molar-refractivity contribution in [1.82, 2.24) is 10.2 Å². The molecule has 0 heterocycles. The molecular formula is C10H13F3N2O4. The van der Waals surface area contributed by atoms with E-state index in [-0.39, 0.29) is 13.0 Å². The number of alkyl halides is 3. The molecule has 0 aromatic carbocycles. The molecule has 0 fully saturated rings. The van der Waals surface area contributed by atoms with Gasteiger partial charge in [0.2, 0.25) is 0 Å². The van der Waals surface area contributed by atoms with Gasteiger partial charge in [-0.1, -0.05) is 6.92 Å². The number of imide groups is 1. The molecule has 0 radical (unpaired) electrons. The van der Waals surface area contributed by atoms with E-state index in [2.05, 4.69) is 0 Å². The van der Waals surface area contributed by atoms with E-state index in [1.807, 2.05) is 0 Å². The third-order valence-corrected chi connectivity index (χ3v) is 1.76. The molecule has 0 aliphatic heterocycles. The minimum absolute atomic E-state index is 0.179. The highest BCUT2D eigenvalue weighted by molar-refractivity contribution is 6.02. The first kappa shape index (κ1) is 16.9. The van der Waals surface area contributed by atoms with Crippen LogP contribution in [0.15, 0.2) is 12.2 Å². The van der Waals surface area contributed by atoms with E-state index in [0.717, 1.165) is 0 Å². The van der Waals surface area contributed by atoms with Gasteiger partial charge in [0, 0.05) is 18.7 Å². The molecule has 0 unspecified atom stereocenters. The summed E-state index contributed by atoms with van der Waals surface area (Å²) < 4.78 is 36.5. The Balaban J connectivity index is 4.56. The molecule has 0 aromatic rings. The fourth-order valence-corrected chi connectivity index (χ4v) is 1.11. The maximum Gasteiger partial charge on any atom is 0.406 e. The van der Waals surface area contributed by atoms with Crippen LogP contribution in [0.1, 0.15) is 13.3 Å². The average Bonchev–Trinajstić information content (AvgIpc) is 2.24. The van der Waals surface area contributed by atoms with Crippen molar-refractivity contribution in [3.8, 4) is 0 Å². The number of aliphatic carboxylic acids is 1. The van der Waals surface area contributed by atoms with Crippen LogP contribution in [-0.4, -0.2) is 47.2 Å². The molecule has 19 heavy (non-hydrogen) atoms. The van der Waals surface area contributed by atoms with Gasteiger partial charge in [0.15, 0.2) is 0 Å². The monoisotopic (exact) mass is 282 g/mol. The highest BCUT2D eigenvalue weighted by Crippen LogP contribution is 2.16. The molecule has 0 atom stereocenters. The number of amides is 3. The topological polar surface area (TPSA) is 86.7 Å². The molecule has 0 bridgehead atoms. The molecule has 6 nitrogen and oxygen atoms in total. The van der Waals surface area contributed by atoms with E-state index >= 15 is 0 Å². The Morgan fingerprint density at radius 3 is 2.26 bits per heavy atom. The summed E-state index contributed by atoms with van der Waals surface area (Å²) in [4.78, 5) is 32.9. The van der Waals surface area contributed by atoms with E-state index in [9.17, 15) is 27.6 Å². The number of rotatable bonds is 5.